The van der Waals surface area contributed by atoms with Gasteiger partial charge >= 0.3 is 0 Å². The molecule has 3 rings (SSSR count). The number of aromatic nitrogens is 2. The average Bonchev–Trinajstić information content (AvgIpc) is 3.14. The minimum absolute atomic E-state index is 0.164. The fourth-order valence-corrected chi connectivity index (χ4v) is 3.87. The molecule has 0 bridgehead atoms. The molecule has 2 aromatic heterocycles. The number of aromatic amines is 1. The number of carbonyl (C=O) groups excluding carboxylic acids is 1. The van der Waals surface area contributed by atoms with E-state index in [0.717, 1.165) is 11.4 Å². The summed E-state index contributed by atoms with van der Waals surface area (Å²) in [6.45, 7) is 4.82. The van der Waals surface area contributed by atoms with Crippen LogP contribution in [0.1, 0.15) is 39.5 Å². The molecule has 3 N–H and O–H groups in total. The van der Waals surface area contributed by atoms with Gasteiger partial charge in [-0.05, 0) is 50.2 Å². The standard InChI is InChI=1S/C20H22N4O2S/c1-12-4-5-14(11-21-3)15(10-12)18-8-7-17(27-18)13(2)22-20(26)16-6-9-19(25)24-23-16/h4-10,13,21H,11H2,1-3H3,(H,22,26)(H,24,25)/t13-/m1/s1. The normalized spacial score (nSPS) is 12.0. The van der Waals surface area contributed by atoms with Crippen molar-refractivity contribution in [1.82, 2.24) is 20.8 Å². The molecule has 0 unspecified atom stereocenters. The highest BCUT2D eigenvalue weighted by Gasteiger charge is 2.16. The maximum atomic E-state index is 12.3. The second-order valence-electron chi connectivity index (χ2n) is 6.39. The van der Waals surface area contributed by atoms with Crippen LogP contribution in [0.5, 0.6) is 0 Å². The van der Waals surface area contributed by atoms with Gasteiger partial charge < -0.3 is 10.6 Å². The third-order valence-electron chi connectivity index (χ3n) is 4.21. The van der Waals surface area contributed by atoms with E-state index in [2.05, 4.69) is 52.0 Å². The lowest BCUT2D eigenvalue weighted by Gasteiger charge is -2.12. The summed E-state index contributed by atoms with van der Waals surface area (Å²) in [6, 6.07) is 13.1. The zero-order valence-corrected chi connectivity index (χ0v) is 16.3. The van der Waals surface area contributed by atoms with Gasteiger partial charge in [0.05, 0.1) is 6.04 Å². The first-order valence-corrected chi connectivity index (χ1v) is 9.50. The quantitative estimate of drug-likeness (QED) is 0.612. The second kappa shape index (κ2) is 8.28. The Bertz CT molecular complexity index is 989. The largest absolute Gasteiger partial charge is 0.343 e. The summed E-state index contributed by atoms with van der Waals surface area (Å²) in [7, 11) is 1.94. The van der Waals surface area contributed by atoms with Gasteiger partial charge in [0.2, 0.25) is 0 Å². The van der Waals surface area contributed by atoms with Crippen LogP contribution in [0.2, 0.25) is 0 Å². The number of amides is 1. The van der Waals surface area contributed by atoms with Crippen molar-refractivity contribution >= 4 is 17.2 Å². The lowest BCUT2D eigenvalue weighted by molar-refractivity contribution is 0.0934. The average molecular weight is 382 g/mol. The number of nitrogens with zero attached hydrogens (tertiary/aromatic N) is 1. The first-order chi connectivity index (χ1) is 13.0. The number of aryl methyl sites for hydroxylation is 1. The maximum absolute atomic E-state index is 12.3. The van der Waals surface area contributed by atoms with Gasteiger partial charge in [-0.25, -0.2) is 5.10 Å². The highest BCUT2D eigenvalue weighted by Crippen LogP contribution is 2.34. The summed E-state index contributed by atoms with van der Waals surface area (Å²) < 4.78 is 0. The molecule has 1 atom stereocenters. The molecular formula is C20H22N4O2S. The number of carbonyl (C=O) groups is 1. The van der Waals surface area contributed by atoms with Crippen LogP contribution in [0, 0.1) is 6.92 Å². The van der Waals surface area contributed by atoms with E-state index in [1.165, 1.54) is 33.7 Å². The molecular weight excluding hydrogens is 360 g/mol. The predicted molar refractivity (Wildman–Crippen MR) is 108 cm³/mol. The fourth-order valence-electron chi connectivity index (χ4n) is 2.81. The summed E-state index contributed by atoms with van der Waals surface area (Å²) in [5, 5.41) is 12.2. The molecule has 6 nitrogen and oxygen atoms in total. The molecule has 0 radical (unpaired) electrons. The summed E-state index contributed by atoms with van der Waals surface area (Å²) in [4.78, 5) is 25.6. The van der Waals surface area contributed by atoms with E-state index in [4.69, 9.17) is 0 Å². The highest BCUT2D eigenvalue weighted by molar-refractivity contribution is 7.15. The van der Waals surface area contributed by atoms with E-state index in [0.29, 0.717) is 0 Å². The summed E-state index contributed by atoms with van der Waals surface area (Å²) >= 11 is 1.66. The topological polar surface area (TPSA) is 86.9 Å². The number of hydrogen-bond acceptors (Lipinski definition) is 5. The number of rotatable bonds is 6. The Balaban J connectivity index is 1.79. The SMILES string of the molecule is CNCc1ccc(C)cc1-c1ccc([C@@H](C)NC(=O)c2ccc(=O)[nH]n2)s1. The Morgan fingerprint density at radius 2 is 2.04 bits per heavy atom. The van der Waals surface area contributed by atoms with E-state index in [1.807, 2.05) is 20.0 Å². The predicted octanol–water partition coefficient (Wildman–Crippen LogP) is 3.02. The molecule has 0 aliphatic rings. The van der Waals surface area contributed by atoms with Crippen molar-refractivity contribution in [3.63, 3.8) is 0 Å². The second-order valence-corrected chi connectivity index (χ2v) is 7.51. The van der Waals surface area contributed by atoms with Crippen LogP contribution < -0.4 is 16.2 Å². The molecule has 1 aromatic carbocycles. The summed E-state index contributed by atoms with van der Waals surface area (Å²) in [5.41, 5.74) is 3.52. The highest BCUT2D eigenvalue weighted by atomic mass is 32.1. The number of hydrogen-bond donors (Lipinski definition) is 3. The molecule has 1 amide bonds. The van der Waals surface area contributed by atoms with Crippen molar-refractivity contribution in [2.45, 2.75) is 26.4 Å². The van der Waals surface area contributed by atoms with Crippen molar-refractivity contribution in [3.05, 3.63) is 74.5 Å². The van der Waals surface area contributed by atoms with Gasteiger partial charge in [0.1, 0.15) is 5.69 Å². The number of nitrogens with one attached hydrogen (secondary N) is 3. The Hall–Kier alpha value is -2.77. The molecule has 0 saturated heterocycles. The van der Waals surface area contributed by atoms with E-state index in [-0.39, 0.29) is 23.2 Å². The number of thiophene rings is 1. The van der Waals surface area contributed by atoms with Crippen molar-refractivity contribution in [1.29, 1.82) is 0 Å². The maximum Gasteiger partial charge on any atom is 0.272 e. The van der Waals surface area contributed by atoms with E-state index < -0.39 is 0 Å². The molecule has 27 heavy (non-hydrogen) atoms. The van der Waals surface area contributed by atoms with Gasteiger partial charge in [0, 0.05) is 22.4 Å². The van der Waals surface area contributed by atoms with Gasteiger partial charge in [-0.1, -0.05) is 23.8 Å². The van der Waals surface area contributed by atoms with Crippen LogP contribution in [-0.4, -0.2) is 23.2 Å². The van der Waals surface area contributed by atoms with Crippen LogP contribution in [0.15, 0.2) is 47.3 Å². The molecule has 0 aliphatic carbocycles. The molecule has 0 aliphatic heterocycles. The van der Waals surface area contributed by atoms with Gasteiger partial charge in [0.25, 0.3) is 11.5 Å². The van der Waals surface area contributed by atoms with Crippen molar-refractivity contribution in [2.24, 2.45) is 0 Å². The summed E-state index contributed by atoms with van der Waals surface area (Å²) in [5.74, 6) is -0.319. The number of H-pyrrole nitrogens is 1. The fraction of sp³-hybridized carbons (Fsp3) is 0.250. The van der Waals surface area contributed by atoms with Crippen LogP contribution in [0.25, 0.3) is 10.4 Å². The summed E-state index contributed by atoms with van der Waals surface area (Å²) in [6.07, 6.45) is 0. The lowest BCUT2D eigenvalue weighted by atomic mass is 10.0. The first kappa shape index (κ1) is 19.0. The minimum Gasteiger partial charge on any atom is -0.343 e. The lowest BCUT2D eigenvalue weighted by Crippen LogP contribution is -2.28. The van der Waals surface area contributed by atoms with Gasteiger partial charge in [0.15, 0.2) is 0 Å². The van der Waals surface area contributed by atoms with Crippen LogP contribution >= 0.6 is 11.3 Å². The van der Waals surface area contributed by atoms with E-state index in [9.17, 15) is 9.59 Å². The van der Waals surface area contributed by atoms with Gasteiger partial charge in [-0.15, -0.1) is 11.3 Å². The molecule has 140 valence electrons. The zero-order chi connectivity index (χ0) is 19.4. The molecule has 0 fully saturated rings. The van der Waals surface area contributed by atoms with Gasteiger partial charge in [-0.2, -0.15) is 5.10 Å². The smallest absolute Gasteiger partial charge is 0.272 e. The Labute approximate surface area is 161 Å². The van der Waals surface area contributed by atoms with Crippen LogP contribution in [0.4, 0.5) is 0 Å². The Morgan fingerprint density at radius 1 is 1.22 bits per heavy atom. The van der Waals surface area contributed by atoms with E-state index >= 15 is 0 Å². The van der Waals surface area contributed by atoms with E-state index in [1.54, 1.807) is 11.3 Å². The monoisotopic (exact) mass is 382 g/mol. The Kier molecular flexibility index (Phi) is 5.83. The molecule has 0 saturated carbocycles. The Morgan fingerprint density at radius 3 is 2.74 bits per heavy atom. The third-order valence-corrected chi connectivity index (χ3v) is 5.51. The van der Waals surface area contributed by atoms with Crippen molar-refractivity contribution in [3.8, 4) is 10.4 Å². The van der Waals surface area contributed by atoms with Crippen LogP contribution in [-0.2, 0) is 6.54 Å². The van der Waals surface area contributed by atoms with Crippen molar-refractivity contribution in [2.75, 3.05) is 7.05 Å². The first-order valence-electron chi connectivity index (χ1n) is 8.68. The molecule has 3 aromatic rings. The number of benzene rings is 1. The van der Waals surface area contributed by atoms with Crippen molar-refractivity contribution < 1.29 is 4.79 Å². The third kappa shape index (κ3) is 4.50. The molecule has 2 heterocycles. The minimum atomic E-state index is -0.335. The zero-order valence-electron chi connectivity index (χ0n) is 15.5. The van der Waals surface area contributed by atoms with Gasteiger partial charge in [-0.3, -0.25) is 9.59 Å². The molecule has 0 spiro atoms. The molecule has 7 heteroatoms. The van der Waals surface area contributed by atoms with Crippen LogP contribution in [0.3, 0.4) is 0 Å².